The van der Waals surface area contributed by atoms with Crippen molar-refractivity contribution in [3.63, 3.8) is 0 Å². The zero-order valence-corrected chi connectivity index (χ0v) is 14.9. The number of fused-ring (bicyclic) bond motifs is 3. The van der Waals surface area contributed by atoms with Crippen LogP contribution in [0, 0.1) is 11.8 Å². The van der Waals surface area contributed by atoms with E-state index in [1.165, 1.54) is 42.6 Å². The van der Waals surface area contributed by atoms with Crippen molar-refractivity contribution in [1.82, 2.24) is 10.2 Å². The molecule has 3 fully saturated rings. The van der Waals surface area contributed by atoms with Crippen LogP contribution >= 0.6 is 0 Å². The van der Waals surface area contributed by atoms with Crippen molar-refractivity contribution in [2.75, 3.05) is 19.6 Å². The lowest BCUT2D eigenvalue weighted by atomic mass is 9.75. The fourth-order valence-corrected chi connectivity index (χ4v) is 4.49. The van der Waals surface area contributed by atoms with Crippen LogP contribution in [0.5, 0.6) is 0 Å². The molecule has 3 heterocycles. The van der Waals surface area contributed by atoms with Crippen molar-refractivity contribution in [2.45, 2.75) is 25.4 Å². The van der Waals surface area contributed by atoms with Crippen LogP contribution in [0.1, 0.15) is 18.4 Å². The van der Waals surface area contributed by atoms with E-state index in [1.54, 1.807) is 0 Å². The number of nitrogens with one attached hydrogen (secondary N) is 1. The van der Waals surface area contributed by atoms with Crippen molar-refractivity contribution < 1.29 is 0 Å². The van der Waals surface area contributed by atoms with Gasteiger partial charge in [0.05, 0.1) is 0 Å². The first-order chi connectivity index (χ1) is 12.3. The summed E-state index contributed by atoms with van der Waals surface area (Å²) in [5.74, 6) is 1.58. The summed E-state index contributed by atoms with van der Waals surface area (Å²) >= 11 is 0. The van der Waals surface area contributed by atoms with Crippen LogP contribution in [0.4, 0.5) is 0 Å². The molecule has 0 amide bonds. The van der Waals surface area contributed by atoms with Crippen molar-refractivity contribution in [3.05, 3.63) is 72.8 Å². The van der Waals surface area contributed by atoms with Crippen LogP contribution < -0.4 is 5.32 Å². The molecular formula is C23H28N2. The van der Waals surface area contributed by atoms with Gasteiger partial charge in [0, 0.05) is 25.7 Å². The molecule has 25 heavy (non-hydrogen) atoms. The Hall–Kier alpha value is -1.90. The Morgan fingerprint density at radius 3 is 2.48 bits per heavy atom. The summed E-state index contributed by atoms with van der Waals surface area (Å²) in [5.41, 5.74) is 3.93. The van der Waals surface area contributed by atoms with Gasteiger partial charge in [0.25, 0.3) is 0 Å². The second kappa shape index (κ2) is 7.55. The number of piperidine rings is 3. The molecule has 0 aliphatic carbocycles. The minimum absolute atomic E-state index is 0.707. The van der Waals surface area contributed by atoms with Crippen LogP contribution in [0.2, 0.25) is 0 Å². The van der Waals surface area contributed by atoms with E-state index >= 15 is 0 Å². The van der Waals surface area contributed by atoms with E-state index in [0.717, 1.165) is 24.9 Å². The van der Waals surface area contributed by atoms with Crippen LogP contribution in [0.15, 0.2) is 67.3 Å². The van der Waals surface area contributed by atoms with Gasteiger partial charge in [-0.05, 0) is 47.9 Å². The SMILES string of the molecule is C=C[C@H]1CN2CC[C@H]1C[C@@H]2CNCc1ccc(-c2ccccc2)cc1. The fraction of sp³-hybridized carbons (Fsp3) is 0.391. The Balaban J connectivity index is 1.29. The molecule has 1 N–H and O–H groups in total. The van der Waals surface area contributed by atoms with E-state index in [0.29, 0.717) is 6.04 Å². The summed E-state index contributed by atoms with van der Waals surface area (Å²) in [6.45, 7) is 8.55. The molecule has 3 saturated heterocycles. The molecule has 3 aliphatic rings. The molecule has 0 spiro atoms. The first-order valence-electron chi connectivity index (χ1n) is 9.55. The molecule has 1 unspecified atom stereocenters. The van der Waals surface area contributed by atoms with E-state index in [-0.39, 0.29) is 0 Å². The molecule has 4 atom stereocenters. The third-order valence-corrected chi connectivity index (χ3v) is 6.00. The number of nitrogens with zero attached hydrogens (tertiary/aromatic N) is 1. The molecule has 130 valence electrons. The number of rotatable bonds is 6. The Bertz CT molecular complexity index is 692. The largest absolute Gasteiger partial charge is 0.311 e. The summed E-state index contributed by atoms with van der Waals surface area (Å²) in [5, 5.41) is 3.68. The molecule has 2 heteroatoms. The van der Waals surface area contributed by atoms with Gasteiger partial charge in [-0.2, -0.15) is 0 Å². The van der Waals surface area contributed by atoms with Crippen molar-refractivity contribution in [3.8, 4) is 11.1 Å². The number of benzene rings is 2. The van der Waals surface area contributed by atoms with Gasteiger partial charge in [-0.25, -0.2) is 0 Å². The fourth-order valence-electron chi connectivity index (χ4n) is 4.49. The average Bonchev–Trinajstić information content (AvgIpc) is 2.69. The van der Waals surface area contributed by atoms with E-state index in [2.05, 4.69) is 77.5 Å². The van der Waals surface area contributed by atoms with Crippen molar-refractivity contribution >= 4 is 0 Å². The second-order valence-corrected chi connectivity index (χ2v) is 7.53. The summed E-state index contributed by atoms with van der Waals surface area (Å²) < 4.78 is 0. The van der Waals surface area contributed by atoms with E-state index in [4.69, 9.17) is 0 Å². The van der Waals surface area contributed by atoms with Gasteiger partial charge in [0.1, 0.15) is 0 Å². The molecular weight excluding hydrogens is 304 g/mol. The topological polar surface area (TPSA) is 15.3 Å². The first-order valence-corrected chi connectivity index (χ1v) is 9.55. The summed E-state index contributed by atoms with van der Waals surface area (Å²) in [6.07, 6.45) is 4.86. The third-order valence-electron chi connectivity index (χ3n) is 6.00. The zero-order chi connectivity index (χ0) is 17.1. The molecule has 3 aliphatic heterocycles. The van der Waals surface area contributed by atoms with Crippen LogP contribution in [-0.2, 0) is 6.54 Å². The standard InChI is InChI=1S/C23H28N2/c1-2-19-17-25-13-12-22(19)14-23(25)16-24-15-18-8-10-21(11-9-18)20-6-4-3-5-7-20/h2-11,19,22-24H,1,12-17H2/t19-,22-,23+/m0/s1. The lowest BCUT2D eigenvalue weighted by Gasteiger charge is -2.49. The van der Waals surface area contributed by atoms with Gasteiger partial charge in [-0.3, -0.25) is 4.90 Å². The van der Waals surface area contributed by atoms with E-state index in [1.807, 2.05) is 0 Å². The molecule has 2 bridgehead atoms. The molecule has 0 saturated carbocycles. The average molecular weight is 332 g/mol. The summed E-state index contributed by atoms with van der Waals surface area (Å²) in [7, 11) is 0. The second-order valence-electron chi connectivity index (χ2n) is 7.53. The Morgan fingerprint density at radius 2 is 1.80 bits per heavy atom. The number of hydrogen-bond acceptors (Lipinski definition) is 2. The first kappa shape index (κ1) is 16.6. The maximum Gasteiger partial charge on any atom is 0.0223 e. The minimum Gasteiger partial charge on any atom is -0.311 e. The molecule has 0 aromatic heterocycles. The van der Waals surface area contributed by atoms with Crippen LogP contribution in [-0.4, -0.2) is 30.6 Å². The normalized spacial score (nSPS) is 28.0. The van der Waals surface area contributed by atoms with Gasteiger partial charge in [0.2, 0.25) is 0 Å². The molecule has 2 aromatic rings. The minimum atomic E-state index is 0.707. The highest BCUT2D eigenvalue weighted by Crippen LogP contribution is 2.36. The lowest BCUT2D eigenvalue weighted by molar-refractivity contribution is 0.0195. The van der Waals surface area contributed by atoms with Gasteiger partial charge in [0.15, 0.2) is 0 Å². The highest BCUT2D eigenvalue weighted by atomic mass is 15.2. The van der Waals surface area contributed by atoms with Gasteiger partial charge >= 0.3 is 0 Å². The highest BCUT2D eigenvalue weighted by Gasteiger charge is 2.38. The van der Waals surface area contributed by atoms with Crippen molar-refractivity contribution in [2.24, 2.45) is 11.8 Å². The molecule has 0 radical (unpaired) electrons. The van der Waals surface area contributed by atoms with Gasteiger partial charge in [-0.1, -0.05) is 60.7 Å². The lowest BCUT2D eigenvalue weighted by Crippen LogP contribution is -2.55. The van der Waals surface area contributed by atoms with Gasteiger partial charge < -0.3 is 5.32 Å². The molecule has 2 nitrogen and oxygen atoms in total. The highest BCUT2D eigenvalue weighted by molar-refractivity contribution is 5.63. The van der Waals surface area contributed by atoms with Crippen LogP contribution in [0.3, 0.4) is 0 Å². The Kier molecular flexibility index (Phi) is 5.00. The van der Waals surface area contributed by atoms with E-state index < -0.39 is 0 Å². The molecule has 2 aromatic carbocycles. The van der Waals surface area contributed by atoms with Crippen LogP contribution in [0.25, 0.3) is 11.1 Å². The third kappa shape index (κ3) is 3.70. The van der Waals surface area contributed by atoms with E-state index in [9.17, 15) is 0 Å². The monoisotopic (exact) mass is 332 g/mol. The summed E-state index contributed by atoms with van der Waals surface area (Å²) in [4.78, 5) is 2.66. The Labute approximate surface area is 151 Å². The summed E-state index contributed by atoms with van der Waals surface area (Å²) in [6, 6.07) is 20.2. The zero-order valence-electron chi connectivity index (χ0n) is 14.9. The molecule has 5 rings (SSSR count). The predicted octanol–water partition coefficient (Wildman–Crippen LogP) is 4.34. The maximum absolute atomic E-state index is 4.02. The smallest absolute Gasteiger partial charge is 0.0223 e. The Morgan fingerprint density at radius 1 is 1.04 bits per heavy atom. The van der Waals surface area contributed by atoms with Crippen molar-refractivity contribution in [1.29, 1.82) is 0 Å². The van der Waals surface area contributed by atoms with Gasteiger partial charge in [-0.15, -0.1) is 6.58 Å². The quantitative estimate of drug-likeness (QED) is 0.792. The number of hydrogen-bond donors (Lipinski definition) is 1. The maximum atomic E-state index is 4.02. The predicted molar refractivity (Wildman–Crippen MR) is 105 cm³/mol.